The van der Waals surface area contributed by atoms with E-state index in [9.17, 15) is 22.0 Å². The van der Waals surface area contributed by atoms with Crippen molar-refractivity contribution in [3.05, 3.63) is 112 Å². The molecule has 44 heavy (non-hydrogen) atoms. The molecular formula is C36H33ClF6O. The van der Waals surface area contributed by atoms with Crippen LogP contribution in [0.15, 0.2) is 72.8 Å². The van der Waals surface area contributed by atoms with Crippen LogP contribution in [0.2, 0.25) is 5.02 Å². The molecule has 1 saturated carbocycles. The van der Waals surface area contributed by atoms with Gasteiger partial charge in [0.1, 0.15) is 34.6 Å². The summed E-state index contributed by atoms with van der Waals surface area (Å²) in [7, 11) is 0. The lowest BCUT2D eigenvalue weighted by Crippen LogP contribution is -2.25. The number of hydrogen-bond donors (Lipinski definition) is 0. The van der Waals surface area contributed by atoms with Crippen LogP contribution in [0.1, 0.15) is 75.3 Å². The molecule has 232 valence electrons. The molecule has 5 rings (SSSR count). The summed E-state index contributed by atoms with van der Waals surface area (Å²) in [5.74, 6) is -4.44. The molecule has 0 amide bonds. The van der Waals surface area contributed by atoms with Crippen LogP contribution in [-0.2, 0) is 6.11 Å². The fourth-order valence-corrected chi connectivity index (χ4v) is 6.21. The second-order valence-electron chi connectivity index (χ2n) is 11.5. The van der Waals surface area contributed by atoms with Gasteiger partial charge in [-0.15, -0.1) is 0 Å². The summed E-state index contributed by atoms with van der Waals surface area (Å²) in [5, 5.41) is -0.335. The second-order valence-corrected chi connectivity index (χ2v) is 11.9. The van der Waals surface area contributed by atoms with E-state index in [-0.39, 0.29) is 16.1 Å². The van der Waals surface area contributed by atoms with Crippen LogP contribution < -0.4 is 4.74 Å². The minimum Gasteiger partial charge on any atom is -0.429 e. The highest BCUT2D eigenvalue weighted by molar-refractivity contribution is 6.30. The lowest BCUT2D eigenvalue weighted by atomic mass is 9.77. The van der Waals surface area contributed by atoms with Gasteiger partial charge in [-0.25, -0.2) is 17.6 Å². The summed E-state index contributed by atoms with van der Waals surface area (Å²) in [6, 6.07) is 16.0. The Kier molecular flexibility index (Phi) is 9.94. The molecule has 0 heterocycles. The summed E-state index contributed by atoms with van der Waals surface area (Å²) in [5.41, 5.74) is 0.529. The van der Waals surface area contributed by atoms with E-state index in [1.165, 1.54) is 69.1 Å². The van der Waals surface area contributed by atoms with Gasteiger partial charge in [0.05, 0.1) is 5.02 Å². The highest BCUT2D eigenvalue weighted by Gasteiger charge is 2.41. The predicted octanol–water partition coefficient (Wildman–Crippen LogP) is 12.2. The second kappa shape index (κ2) is 13.7. The van der Waals surface area contributed by atoms with Crippen LogP contribution in [-0.4, -0.2) is 0 Å². The highest BCUT2D eigenvalue weighted by Crippen LogP contribution is 2.40. The molecular weight excluding hydrogens is 598 g/mol. The van der Waals surface area contributed by atoms with E-state index in [0.29, 0.717) is 29.7 Å². The fraction of sp³-hybridized carbons (Fsp3) is 0.333. The number of benzene rings is 4. The monoisotopic (exact) mass is 630 g/mol. The normalized spacial score (nSPS) is 17.1. The first-order valence-electron chi connectivity index (χ1n) is 15.0. The molecule has 0 aliphatic heterocycles. The van der Waals surface area contributed by atoms with Gasteiger partial charge >= 0.3 is 6.11 Å². The number of alkyl halides is 2. The smallest absolute Gasteiger partial charge is 0.429 e. The third kappa shape index (κ3) is 7.26. The molecule has 4 aromatic carbocycles. The Morgan fingerprint density at radius 3 is 1.95 bits per heavy atom. The molecule has 1 fully saturated rings. The van der Waals surface area contributed by atoms with E-state index >= 15 is 4.39 Å². The standard InChI is InChI=1S/C36H33ClF6O/c1-2-3-4-5-22-6-8-23(9-7-22)24-10-12-25(13-11-24)26-14-16-29(31(38)18-26)27-19-33(40)35(34(41)20-27)36(42,43)44-28-15-17-30(37)32(39)21-28/h10-23H,2-9H2,1H3. The van der Waals surface area contributed by atoms with E-state index in [4.69, 9.17) is 11.6 Å². The summed E-state index contributed by atoms with van der Waals surface area (Å²) in [6.45, 7) is 2.23. The van der Waals surface area contributed by atoms with Gasteiger partial charge in [-0.05, 0) is 90.1 Å². The maximum Gasteiger partial charge on any atom is 0.432 e. The molecule has 1 nitrogen and oxygen atoms in total. The summed E-state index contributed by atoms with van der Waals surface area (Å²) in [4.78, 5) is 0. The number of hydrogen-bond acceptors (Lipinski definition) is 1. The van der Waals surface area contributed by atoms with Crippen LogP contribution in [0.3, 0.4) is 0 Å². The van der Waals surface area contributed by atoms with E-state index in [2.05, 4.69) is 23.8 Å². The Bertz CT molecular complexity index is 1570. The van der Waals surface area contributed by atoms with Crippen molar-refractivity contribution in [2.45, 2.75) is 70.3 Å². The van der Waals surface area contributed by atoms with Gasteiger partial charge in [-0.2, -0.15) is 8.78 Å². The van der Waals surface area contributed by atoms with Crippen molar-refractivity contribution in [3.8, 4) is 28.0 Å². The third-order valence-corrected chi connectivity index (χ3v) is 8.83. The van der Waals surface area contributed by atoms with Crippen LogP contribution in [0.5, 0.6) is 5.75 Å². The quantitative estimate of drug-likeness (QED) is 0.125. The van der Waals surface area contributed by atoms with Crippen LogP contribution in [0.25, 0.3) is 22.3 Å². The molecule has 1 aliphatic rings. The van der Waals surface area contributed by atoms with Crippen LogP contribution >= 0.6 is 11.6 Å². The third-order valence-electron chi connectivity index (χ3n) is 8.53. The van der Waals surface area contributed by atoms with Crippen LogP contribution in [0.4, 0.5) is 26.3 Å². The molecule has 0 aromatic heterocycles. The molecule has 0 saturated heterocycles. The molecule has 0 N–H and O–H groups in total. The Labute approximate surface area is 258 Å². The van der Waals surface area contributed by atoms with Gasteiger partial charge in [0, 0.05) is 11.6 Å². The van der Waals surface area contributed by atoms with E-state index in [1.54, 1.807) is 6.07 Å². The minimum absolute atomic E-state index is 0.158. The Morgan fingerprint density at radius 2 is 1.34 bits per heavy atom. The van der Waals surface area contributed by atoms with Gasteiger partial charge in [-0.3, -0.25) is 0 Å². The number of rotatable bonds is 10. The van der Waals surface area contributed by atoms with Crippen molar-refractivity contribution in [3.63, 3.8) is 0 Å². The van der Waals surface area contributed by atoms with Crippen molar-refractivity contribution in [2.75, 3.05) is 0 Å². The average molecular weight is 631 g/mol. The first-order valence-corrected chi connectivity index (χ1v) is 15.3. The zero-order valence-corrected chi connectivity index (χ0v) is 25.0. The Balaban J connectivity index is 1.29. The zero-order valence-electron chi connectivity index (χ0n) is 24.3. The van der Waals surface area contributed by atoms with Gasteiger partial charge in [0.15, 0.2) is 0 Å². The van der Waals surface area contributed by atoms with Crippen molar-refractivity contribution >= 4 is 11.6 Å². The Morgan fingerprint density at radius 1 is 0.705 bits per heavy atom. The molecule has 4 aromatic rings. The average Bonchev–Trinajstić information content (AvgIpc) is 2.99. The summed E-state index contributed by atoms with van der Waals surface area (Å²) in [6.07, 6.45) is 5.51. The molecule has 0 bridgehead atoms. The summed E-state index contributed by atoms with van der Waals surface area (Å²) >= 11 is 5.54. The number of unbranched alkanes of at least 4 members (excludes halogenated alkanes) is 2. The fourth-order valence-electron chi connectivity index (χ4n) is 6.09. The molecule has 0 spiro atoms. The van der Waals surface area contributed by atoms with Crippen molar-refractivity contribution in [2.24, 2.45) is 5.92 Å². The highest BCUT2D eigenvalue weighted by atomic mass is 35.5. The Hall–Kier alpha value is -3.45. The van der Waals surface area contributed by atoms with E-state index in [1.807, 2.05) is 12.1 Å². The number of halogens is 7. The SMILES string of the molecule is CCCCCC1CCC(c2ccc(-c3ccc(-c4cc(F)c(C(F)(F)Oc5ccc(Cl)c(F)c5)c(F)c4)c(F)c3)cc2)CC1. The minimum atomic E-state index is -4.49. The molecule has 8 heteroatoms. The molecule has 1 aliphatic carbocycles. The lowest BCUT2D eigenvalue weighted by Gasteiger charge is -2.29. The molecule has 0 atom stereocenters. The van der Waals surface area contributed by atoms with Crippen molar-refractivity contribution in [1.29, 1.82) is 0 Å². The van der Waals surface area contributed by atoms with Crippen molar-refractivity contribution in [1.82, 2.24) is 0 Å². The van der Waals surface area contributed by atoms with Gasteiger partial charge in [0.25, 0.3) is 0 Å². The van der Waals surface area contributed by atoms with E-state index in [0.717, 1.165) is 23.6 Å². The predicted molar refractivity (Wildman–Crippen MR) is 162 cm³/mol. The first kappa shape index (κ1) is 32.0. The maximum atomic E-state index is 15.2. The van der Waals surface area contributed by atoms with Gasteiger partial charge in [-0.1, -0.05) is 80.6 Å². The zero-order chi connectivity index (χ0) is 31.4. The first-order chi connectivity index (χ1) is 21.1. The van der Waals surface area contributed by atoms with Crippen molar-refractivity contribution < 1.29 is 31.1 Å². The van der Waals surface area contributed by atoms with E-state index < -0.39 is 40.7 Å². The topological polar surface area (TPSA) is 9.23 Å². The molecule has 0 unspecified atom stereocenters. The summed E-state index contributed by atoms with van der Waals surface area (Å²) < 4.78 is 92.5. The number of ether oxygens (including phenoxy) is 1. The van der Waals surface area contributed by atoms with Crippen LogP contribution in [0, 0.1) is 29.2 Å². The largest absolute Gasteiger partial charge is 0.432 e. The van der Waals surface area contributed by atoms with Gasteiger partial charge < -0.3 is 4.74 Å². The maximum absolute atomic E-state index is 15.2. The lowest BCUT2D eigenvalue weighted by molar-refractivity contribution is -0.189. The van der Waals surface area contributed by atoms with Gasteiger partial charge in [0.2, 0.25) is 0 Å². The molecule has 0 radical (unpaired) electrons.